The maximum atomic E-state index is 12.8. The molecule has 4 rings (SSSR count). The number of hydrogen-bond donors (Lipinski definition) is 5. The summed E-state index contributed by atoms with van der Waals surface area (Å²) < 4.78 is 24.1. The maximum Gasteiger partial charge on any atom is 0.247 e. The number of carbonyl (C=O) groups excluding carboxylic acids is 1. The van der Waals surface area contributed by atoms with Crippen LogP contribution in [0.4, 0.5) is 17.1 Å². The normalized spacial score (nSPS) is 22.5. The summed E-state index contributed by atoms with van der Waals surface area (Å²) in [6.45, 7) is 8.58. The molecular formula is C24H31ClN5O4P. The van der Waals surface area contributed by atoms with Gasteiger partial charge in [-0.2, -0.15) is 0 Å². The number of benzene rings is 2. The molecule has 188 valence electrons. The molecular weight excluding hydrogens is 489 g/mol. The fourth-order valence-electron chi connectivity index (χ4n) is 3.78. The minimum absolute atomic E-state index is 0.0200. The Bertz CT molecular complexity index is 1120. The lowest BCUT2D eigenvalue weighted by Crippen LogP contribution is -2.64. The van der Waals surface area contributed by atoms with Gasteiger partial charge in [0.25, 0.3) is 0 Å². The molecule has 2 saturated heterocycles. The molecule has 35 heavy (non-hydrogen) atoms. The zero-order valence-electron chi connectivity index (χ0n) is 19.7. The summed E-state index contributed by atoms with van der Waals surface area (Å²) in [7, 11) is -2.48. The summed E-state index contributed by atoms with van der Waals surface area (Å²) in [6, 6.07) is 12.9. The first-order valence-corrected chi connectivity index (χ1v) is 14.4. The number of ether oxygens (including phenoxy) is 2. The Kier molecular flexibility index (Phi) is 8.04. The molecule has 9 nitrogen and oxygen atoms in total. The van der Waals surface area contributed by atoms with Crippen molar-refractivity contribution in [2.45, 2.75) is 23.9 Å². The second kappa shape index (κ2) is 11.0. The van der Waals surface area contributed by atoms with Crippen LogP contribution in [0, 0.1) is 0 Å². The number of halogens is 1. The second-order valence-electron chi connectivity index (χ2n) is 8.84. The van der Waals surface area contributed by atoms with Gasteiger partial charge in [-0.05, 0) is 49.7 Å². The minimum Gasteiger partial charge on any atom is -0.483 e. The van der Waals surface area contributed by atoms with Crippen molar-refractivity contribution in [1.29, 1.82) is 0 Å². The average molecular weight is 520 g/mol. The third-order valence-electron chi connectivity index (χ3n) is 5.65. The molecule has 1 amide bonds. The van der Waals surface area contributed by atoms with Crippen LogP contribution in [0.2, 0.25) is 0 Å². The van der Waals surface area contributed by atoms with Crippen molar-refractivity contribution in [3.63, 3.8) is 0 Å². The van der Waals surface area contributed by atoms with E-state index < -0.39 is 7.14 Å². The predicted octanol–water partition coefficient (Wildman–Crippen LogP) is 2.77. The Hall–Kier alpha value is -2.55. The predicted molar refractivity (Wildman–Crippen MR) is 142 cm³/mol. The van der Waals surface area contributed by atoms with Crippen molar-refractivity contribution in [2.75, 3.05) is 49.0 Å². The zero-order chi connectivity index (χ0) is 25.0. The molecule has 0 aliphatic carbocycles. The number of rotatable bonds is 9. The largest absolute Gasteiger partial charge is 0.483 e. The van der Waals surface area contributed by atoms with E-state index in [-0.39, 0.29) is 29.8 Å². The van der Waals surface area contributed by atoms with Crippen molar-refractivity contribution >= 4 is 47.0 Å². The SMILES string of the molecule is C=CC(=O)Nc1ccc(OC2COC2)c(NC2NCC(Cl)C(Nc3ccccc3P(C)(C)=O)N2)c1. The highest BCUT2D eigenvalue weighted by Gasteiger charge is 2.30. The van der Waals surface area contributed by atoms with Crippen LogP contribution in [-0.4, -0.2) is 62.9 Å². The second-order valence-corrected chi connectivity index (χ2v) is 12.6. The van der Waals surface area contributed by atoms with Gasteiger partial charge in [0, 0.05) is 23.2 Å². The van der Waals surface area contributed by atoms with E-state index in [0.29, 0.717) is 36.9 Å². The third kappa shape index (κ3) is 6.57. The highest BCUT2D eigenvalue weighted by atomic mass is 35.5. The lowest BCUT2D eigenvalue weighted by Gasteiger charge is -2.38. The fourth-order valence-corrected chi connectivity index (χ4v) is 5.17. The van der Waals surface area contributed by atoms with Crippen LogP contribution in [0.25, 0.3) is 0 Å². The number of carbonyl (C=O) groups is 1. The number of amides is 1. The summed E-state index contributed by atoms with van der Waals surface area (Å²) in [5, 5.41) is 16.8. The first-order valence-electron chi connectivity index (χ1n) is 11.4. The number of anilines is 3. The molecule has 0 radical (unpaired) electrons. The van der Waals surface area contributed by atoms with Crippen molar-refractivity contribution in [2.24, 2.45) is 0 Å². The number of hydrogen-bond acceptors (Lipinski definition) is 8. The van der Waals surface area contributed by atoms with Gasteiger partial charge in [0.1, 0.15) is 25.3 Å². The Morgan fingerprint density at radius 1 is 1.20 bits per heavy atom. The first-order chi connectivity index (χ1) is 16.7. The lowest BCUT2D eigenvalue weighted by molar-refractivity contribution is -0.111. The van der Waals surface area contributed by atoms with E-state index in [9.17, 15) is 9.36 Å². The molecule has 2 aliphatic rings. The van der Waals surface area contributed by atoms with Gasteiger partial charge in [-0.3, -0.25) is 15.4 Å². The Morgan fingerprint density at radius 2 is 1.97 bits per heavy atom. The van der Waals surface area contributed by atoms with Gasteiger partial charge in [-0.25, -0.2) is 0 Å². The van der Waals surface area contributed by atoms with Crippen LogP contribution in [-0.2, 0) is 14.1 Å². The summed E-state index contributed by atoms with van der Waals surface area (Å²) in [6.07, 6.45) is 0.521. The van der Waals surface area contributed by atoms with E-state index in [4.69, 9.17) is 21.1 Å². The van der Waals surface area contributed by atoms with Gasteiger partial charge >= 0.3 is 0 Å². The Labute approximate surface area is 210 Å². The van der Waals surface area contributed by atoms with Crippen LogP contribution >= 0.6 is 18.7 Å². The van der Waals surface area contributed by atoms with E-state index in [1.165, 1.54) is 6.08 Å². The van der Waals surface area contributed by atoms with Gasteiger partial charge in [-0.15, -0.1) is 11.6 Å². The Morgan fingerprint density at radius 3 is 2.66 bits per heavy atom. The smallest absolute Gasteiger partial charge is 0.247 e. The molecule has 2 fully saturated rings. The van der Waals surface area contributed by atoms with E-state index >= 15 is 0 Å². The monoisotopic (exact) mass is 519 g/mol. The molecule has 3 unspecified atom stereocenters. The molecule has 5 N–H and O–H groups in total. The highest BCUT2D eigenvalue weighted by Crippen LogP contribution is 2.38. The zero-order valence-corrected chi connectivity index (χ0v) is 21.4. The van der Waals surface area contributed by atoms with Crippen molar-refractivity contribution < 1.29 is 18.8 Å². The summed E-state index contributed by atoms with van der Waals surface area (Å²) >= 11 is 6.61. The molecule has 0 aromatic heterocycles. The van der Waals surface area contributed by atoms with Crippen molar-refractivity contribution in [1.82, 2.24) is 10.6 Å². The van der Waals surface area contributed by atoms with Gasteiger partial charge in [0.05, 0.1) is 30.4 Å². The van der Waals surface area contributed by atoms with Gasteiger partial charge in [-0.1, -0.05) is 18.7 Å². The van der Waals surface area contributed by atoms with E-state index in [0.717, 1.165) is 11.0 Å². The molecule has 11 heteroatoms. The van der Waals surface area contributed by atoms with Crippen molar-refractivity contribution in [3.8, 4) is 5.75 Å². The fraction of sp³-hybridized carbons (Fsp3) is 0.375. The number of nitrogens with one attached hydrogen (secondary N) is 5. The van der Waals surface area contributed by atoms with Crippen LogP contribution in [0.5, 0.6) is 5.75 Å². The molecule has 0 bridgehead atoms. The molecule has 2 aromatic carbocycles. The van der Waals surface area contributed by atoms with Crippen molar-refractivity contribution in [3.05, 3.63) is 55.1 Å². The minimum atomic E-state index is -2.48. The van der Waals surface area contributed by atoms with E-state index in [2.05, 4.69) is 33.2 Å². The standard InChI is InChI=1S/C24H31ClN5O4P/c1-4-22(31)27-15-9-10-20(34-16-13-33-14-16)19(11-15)29-24-26-12-17(25)23(30-24)28-18-7-5-6-8-21(18)35(2,3)32/h4-11,16-17,23-24,26,28-30H,1,12-14H2,2-3H3,(H,27,31). The summed E-state index contributed by atoms with van der Waals surface area (Å²) in [5.41, 5.74) is 2.07. The molecule has 0 spiro atoms. The molecule has 2 aliphatic heterocycles. The van der Waals surface area contributed by atoms with Gasteiger partial charge in [0.2, 0.25) is 5.91 Å². The van der Waals surface area contributed by atoms with E-state index in [1.807, 2.05) is 24.3 Å². The first kappa shape index (κ1) is 25.5. The molecule has 0 saturated carbocycles. The highest BCUT2D eigenvalue weighted by molar-refractivity contribution is 7.70. The summed E-state index contributed by atoms with van der Waals surface area (Å²) in [5.74, 6) is 0.335. The maximum absolute atomic E-state index is 12.8. The van der Waals surface area contributed by atoms with E-state index in [1.54, 1.807) is 31.5 Å². The third-order valence-corrected chi connectivity index (χ3v) is 7.61. The Balaban J connectivity index is 1.51. The average Bonchev–Trinajstić information content (AvgIpc) is 2.79. The number of para-hydroxylation sites is 1. The number of alkyl halides is 1. The lowest BCUT2D eigenvalue weighted by atomic mass is 10.2. The quantitative estimate of drug-likeness (QED) is 0.195. The molecule has 2 heterocycles. The molecule has 2 aromatic rings. The topological polar surface area (TPSA) is 113 Å². The molecule has 3 atom stereocenters. The van der Waals surface area contributed by atoms with Gasteiger partial charge in [0.15, 0.2) is 0 Å². The van der Waals surface area contributed by atoms with Gasteiger partial charge < -0.3 is 30.0 Å². The summed E-state index contributed by atoms with van der Waals surface area (Å²) in [4.78, 5) is 11.8. The van der Waals surface area contributed by atoms with Crippen LogP contribution in [0.3, 0.4) is 0 Å². The van der Waals surface area contributed by atoms with Crippen LogP contribution < -0.4 is 36.6 Å². The van der Waals surface area contributed by atoms with Crippen LogP contribution in [0.1, 0.15) is 0 Å². The van der Waals surface area contributed by atoms with Crippen LogP contribution in [0.15, 0.2) is 55.1 Å².